The van der Waals surface area contributed by atoms with Crippen LogP contribution in [-0.2, 0) is 27.8 Å². The van der Waals surface area contributed by atoms with Gasteiger partial charge in [0.2, 0.25) is 5.91 Å². The molecule has 0 aliphatic heterocycles. The fourth-order valence-corrected chi connectivity index (χ4v) is 4.35. The molecule has 0 unspecified atom stereocenters. The number of thiophene rings is 1. The molecule has 0 atom stereocenters. The molecule has 1 heterocycles. The third-order valence-corrected chi connectivity index (χ3v) is 6.60. The van der Waals surface area contributed by atoms with Crippen molar-refractivity contribution in [3.63, 3.8) is 0 Å². The summed E-state index contributed by atoms with van der Waals surface area (Å²) in [6.45, 7) is 1.89. The van der Waals surface area contributed by atoms with Crippen LogP contribution in [0.2, 0.25) is 5.02 Å². The highest BCUT2D eigenvalue weighted by Crippen LogP contribution is 2.21. The Hall–Kier alpha value is -1.41. The highest BCUT2D eigenvalue weighted by atomic mass is 35.5. The Morgan fingerprint density at radius 3 is 2.61 bits per heavy atom. The van der Waals surface area contributed by atoms with E-state index < -0.39 is 15.9 Å². The Kier molecular flexibility index (Phi) is 6.17. The van der Waals surface area contributed by atoms with E-state index in [2.05, 4.69) is 10.0 Å². The summed E-state index contributed by atoms with van der Waals surface area (Å²) in [6.07, 6.45) is 0.776. The quantitative estimate of drug-likeness (QED) is 0.784. The maximum atomic E-state index is 12.1. The third-order valence-electron chi connectivity index (χ3n) is 3.11. The molecule has 0 bridgehead atoms. The molecule has 0 saturated heterocycles. The second-order valence-corrected chi connectivity index (χ2v) is 8.34. The highest BCUT2D eigenvalue weighted by molar-refractivity contribution is 7.91. The first-order valence-corrected chi connectivity index (χ1v) is 9.68. The van der Waals surface area contributed by atoms with Crippen molar-refractivity contribution in [2.24, 2.45) is 0 Å². The zero-order valence-corrected chi connectivity index (χ0v) is 14.9. The Bertz CT molecular complexity index is 788. The van der Waals surface area contributed by atoms with Crippen LogP contribution >= 0.6 is 22.9 Å². The topological polar surface area (TPSA) is 75.3 Å². The fraction of sp³-hybridized carbons (Fsp3) is 0.267. The van der Waals surface area contributed by atoms with Crippen LogP contribution in [-0.4, -0.2) is 20.9 Å². The molecule has 0 fully saturated rings. The van der Waals surface area contributed by atoms with Crippen LogP contribution in [0.3, 0.4) is 0 Å². The van der Waals surface area contributed by atoms with Gasteiger partial charge in [-0.05, 0) is 30.2 Å². The number of rotatable bonds is 7. The summed E-state index contributed by atoms with van der Waals surface area (Å²) in [6, 6.07) is 10.5. The summed E-state index contributed by atoms with van der Waals surface area (Å²) in [5.74, 6) is -0.416. The van der Waals surface area contributed by atoms with Gasteiger partial charge >= 0.3 is 0 Å². The molecule has 124 valence electrons. The van der Waals surface area contributed by atoms with Gasteiger partial charge in [0.1, 0.15) is 4.21 Å². The van der Waals surface area contributed by atoms with E-state index in [1.165, 1.54) is 11.3 Å². The summed E-state index contributed by atoms with van der Waals surface area (Å²) in [7, 11) is -3.65. The summed E-state index contributed by atoms with van der Waals surface area (Å²) in [4.78, 5) is 12.8. The highest BCUT2D eigenvalue weighted by Gasteiger charge is 2.17. The van der Waals surface area contributed by atoms with E-state index in [9.17, 15) is 13.2 Å². The van der Waals surface area contributed by atoms with Crippen molar-refractivity contribution in [3.05, 3.63) is 51.9 Å². The van der Waals surface area contributed by atoms with Crippen LogP contribution in [0.1, 0.15) is 17.4 Å². The van der Waals surface area contributed by atoms with Gasteiger partial charge in [0.15, 0.2) is 0 Å². The van der Waals surface area contributed by atoms with Crippen molar-refractivity contribution in [2.75, 3.05) is 6.54 Å². The van der Waals surface area contributed by atoms with Crippen LogP contribution in [0.25, 0.3) is 0 Å². The van der Waals surface area contributed by atoms with Gasteiger partial charge in [0.05, 0.1) is 6.54 Å². The van der Waals surface area contributed by atoms with Gasteiger partial charge < -0.3 is 5.32 Å². The van der Waals surface area contributed by atoms with E-state index >= 15 is 0 Å². The summed E-state index contributed by atoms with van der Waals surface area (Å²) < 4.78 is 26.7. The summed E-state index contributed by atoms with van der Waals surface area (Å²) >= 11 is 7.20. The molecule has 0 saturated carbocycles. The number of aryl methyl sites for hydroxylation is 1. The van der Waals surface area contributed by atoms with Crippen molar-refractivity contribution in [3.8, 4) is 0 Å². The van der Waals surface area contributed by atoms with E-state index in [0.29, 0.717) is 5.02 Å². The van der Waals surface area contributed by atoms with Crippen LogP contribution in [0.5, 0.6) is 0 Å². The lowest BCUT2D eigenvalue weighted by Crippen LogP contribution is -2.36. The van der Waals surface area contributed by atoms with Gasteiger partial charge in [-0.1, -0.05) is 36.7 Å². The number of hydrogen-bond donors (Lipinski definition) is 2. The smallest absolute Gasteiger partial charge is 0.250 e. The van der Waals surface area contributed by atoms with Crippen LogP contribution in [0.15, 0.2) is 40.6 Å². The van der Waals surface area contributed by atoms with E-state index in [-0.39, 0.29) is 17.3 Å². The predicted molar refractivity (Wildman–Crippen MR) is 92.2 cm³/mol. The van der Waals surface area contributed by atoms with Crippen molar-refractivity contribution in [1.82, 2.24) is 10.0 Å². The van der Waals surface area contributed by atoms with E-state index in [1.807, 2.05) is 13.0 Å². The lowest BCUT2D eigenvalue weighted by atomic mass is 10.2. The number of hydrogen-bond acceptors (Lipinski definition) is 4. The number of halogens is 1. The normalized spacial score (nSPS) is 11.4. The first kappa shape index (κ1) is 17.9. The molecule has 2 N–H and O–H groups in total. The van der Waals surface area contributed by atoms with Gasteiger partial charge in [-0.15, -0.1) is 11.3 Å². The summed E-state index contributed by atoms with van der Waals surface area (Å²) in [5, 5.41) is 3.19. The molecule has 1 aromatic heterocycles. The largest absolute Gasteiger partial charge is 0.351 e. The second-order valence-electron chi connectivity index (χ2n) is 4.77. The maximum Gasteiger partial charge on any atom is 0.250 e. The summed E-state index contributed by atoms with van der Waals surface area (Å²) in [5.41, 5.74) is 0.774. The lowest BCUT2D eigenvalue weighted by molar-refractivity contribution is -0.120. The Balaban J connectivity index is 1.87. The minimum absolute atomic E-state index is 0.216. The second kappa shape index (κ2) is 7.92. The molecular formula is C15H17ClN2O3S2. The number of carbonyl (C=O) groups excluding carboxylic acids is 1. The Morgan fingerprint density at radius 2 is 1.96 bits per heavy atom. The molecule has 0 aliphatic rings. The monoisotopic (exact) mass is 372 g/mol. The standard InChI is InChI=1S/C15H17ClN2O3S2/c1-2-12-7-8-15(22-12)23(20,21)18-10-14(19)17-9-11-5-3-4-6-13(11)16/h3-8,18H,2,9-10H2,1H3,(H,17,19). The molecule has 0 spiro atoms. The number of amides is 1. The van der Waals surface area contributed by atoms with Crippen molar-refractivity contribution in [2.45, 2.75) is 24.1 Å². The number of carbonyl (C=O) groups is 1. The van der Waals surface area contributed by atoms with Crippen LogP contribution < -0.4 is 10.0 Å². The van der Waals surface area contributed by atoms with E-state index in [4.69, 9.17) is 11.6 Å². The zero-order chi connectivity index (χ0) is 16.9. The molecule has 5 nitrogen and oxygen atoms in total. The van der Waals surface area contributed by atoms with Gasteiger partial charge in [-0.25, -0.2) is 13.1 Å². The molecule has 8 heteroatoms. The predicted octanol–water partition coefficient (Wildman–Crippen LogP) is 2.56. The average molecular weight is 373 g/mol. The van der Waals surface area contributed by atoms with E-state index in [1.54, 1.807) is 30.3 Å². The number of sulfonamides is 1. The molecule has 0 radical (unpaired) electrons. The molecule has 2 rings (SSSR count). The minimum atomic E-state index is -3.65. The van der Waals surface area contributed by atoms with Gasteiger partial charge in [-0.3, -0.25) is 4.79 Å². The lowest BCUT2D eigenvalue weighted by Gasteiger charge is -2.08. The van der Waals surface area contributed by atoms with Crippen molar-refractivity contribution >= 4 is 38.9 Å². The number of nitrogens with one attached hydrogen (secondary N) is 2. The fourth-order valence-electron chi connectivity index (χ4n) is 1.82. The third kappa shape index (κ3) is 5.04. The molecule has 0 aliphatic carbocycles. The molecular weight excluding hydrogens is 356 g/mol. The maximum absolute atomic E-state index is 12.1. The molecule has 1 amide bonds. The van der Waals surface area contributed by atoms with Crippen LogP contribution in [0.4, 0.5) is 0 Å². The van der Waals surface area contributed by atoms with Gasteiger partial charge in [0, 0.05) is 16.4 Å². The Labute approximate surface area is 144 Å². The minimum Gasteiger partial charge on any atom is -0.351 e. The van der Waals surface area contributed by atoms with Gasteiger partial charge in [-0.2, -0.15) is 0 Å². The van der Waals surface area contributed by atoms with Gasteiger partial charge in [0.25, 0.3) is 10.0 Å². The Morgan fingerprint density at radius 1 is 1.22 bits per heavy atom. The first-order valence-electron chi connectivity index (χ1n) is 7.01. The van der Waals surface area contributed by atoms with Crippen LogP contribution in [0, 0.1) is 0 Å². The van der Waals surface area contributed by atoms with Crippen molar-refractivity contribution < 1.29 is 13.2 Å². The number of benzene rings is 1. The SMILES string of the molecule is CCc1ccc(S(=O)(=O)NCC(=O)NCc2ccccc2Cl)s1. The average Bonchev–Trinajstić information content (AvgIpc) is 3.02. The first-order chi connectivity index (χ1) is 10.9. The molecule has 1 aromatic carbocycles. The van der Waals surface area contributed by atoms with Crippen molar-refractivity contribution in [1.29, 1.82) is 0 Å². The van der Waals surface area contributed by atoms with E-state index in [0.717, 1.165) is 16.9 Å². The molecule has 23 heavy (non-hydrogen) atoms. The zero-order valence-electron chi connectivity index (χ0n) is 12.5. The molecule has 2 aromatic rings.